The van der Waals surface area contributed by atoms with Crippen LogP contribution in [0.1, 0.15) is 52.0 Å². The van der Waals surface area contributed by atoms with Gasteiger partial charge in [-0.3, -0.25) is 0 Å². The Balaban J connectivity index is 2.57. The zero-order valence-electron chi connectivity index (χ0n) is 14.6. The molecule has 1 unspecified atom stereocenters. The van der Waals surface area contributed by atoms with Gasteiger partial charge in [-0.05, 0) is 30.0 Å². The van der Waals surface area contributed by atoms with Crippen molar-refractivity contribution in [2.75, 3.05) is 13.2 Å². The summed E-state index contributed by atoms with van der Waals surface area (Å²) in [5.41, 5.74) is 0.866. The van der Waals surface area contributed by atoms with Crippen LogP contribution in [0, 0.1) is 5.92 Å². The smallest absolute Gasteiger partial charge is 0.335 e. The number of esters is 1. The van der Waals surface area contributed by atoms with Crippen LogP contribution in [0.5, 0.6) is 5.75 Å². The number of rotatable bonds is 11. The highest BCUT2D eigenvalue weighted by atomic mass is 16.6. The van der Waals surface area contributed by atoms with E-state index in [1.165, 1.54) is 12.8 Å². The van der Waals surface area contributed by atoms with E-state index in [-0.39, 0.29) is 11.7 Å². The van der Waals surface area contributed by atoms with Gasteiger partial charge in [0.1, 0.15) is 5.75 Å². The van der Waals surface area contributed by atoms with E-state index < -0.39 is 6.10 Å². The van der Waals surface area contributed by atoms with Gasteiger partial charge in [-0.15, -0.1) is 0 Å². The van der Waals surface area contributed by atoms with Gasteiger partial charge in [0, 0.05) is 13.0 Å². The molecule has 1 atom stereocenters. The minimum absolute atomic E-state index is 0.194. The molecular formula is C19H30O4. The van der Waals surface area contributed by atoms with E-state index in [1.54, 1.807) is 18.2 Å². The lowest BCUT2D eigenvalue weighted by Gasteiger charge is -2.18. The van der Waals surface area contributed by atoms with E-state index in [0.29, 0.717) is 25.6 Å². The SMILES string of the molecule is CCCCCCOC(Cc1cccc(O)c1)C(=O)OCC(C)C. The summed E-state index contributed by atoms with van der Waals surface area (Å²) >= 11 is 0. The average molecular weight is 322 g/mol. The van der Waals surface area contributed by atoms with Gasteiger partial charge in [-0.2, -0.15) is 0 Å². The zero-order valence-corrected chi connectivity index (χ0v) is 14.6. The molecule has 1 N–H and O–H groups in total. The monoisotopic (exact) mass is 322 g/mol. The number of unbranched alkanes of at least 4 members (excludes halogenated alkanes) is 3. The largest absolute Gasteiger partial charge is 0.508 e. The lowest BCUT2D eigenvalue weighted by molar-refractivity contribution is -0.158. The molecule has 0 aromatic heterocycles. The first-order chi connectivity index (χ1) is 11.0. The summed E-state index contributed by atoms with van der Waals surface area (Å²) in [5, 5.41) is 9.56. The highest BCUT2D eigenvalue weighted by Gasteiger charge is 2.21. The molecule has 1 aromatic rings. The summed E-state index contributed by atoms with van der Waals surface area (Å²) in [6.45, 7) is 7.12. The number of ether oxygens (including phenoxy) is 2. The van der Waals surface area contributed by atoms with Crippen LogP contribution in [0.25, 0.3) is 0 Å². The third-order valence-corrected chi connectivity index (χ3v) is 3.47. The number of carbonyl (C=O) groups is 1. The van der Waals surface area contributed by atoms with Crippen molar-refractivity contribution in [1.29, 1.82) is 0 Å². The summed E-state index contributed by atoms with van der Waals surface area (Å²) in [6.07, 6.45) is 4.20. The van der Waals surface area contributed by atoms with Gasteiger partial charge >= 0.3 is 5.97 Å². The van der Waals surface area contributed by atoms with Gasteiger partial charge in [0.25, 0.3) is 0 Å². The number of phenols is 1. The highest BCUT2D eigenvalue weighted by Crippen LogP contribution is 2.15. The Morgan fingerprint density at radius 2 is 2.00 bits per heavy atom. The third kappa shape index (κ3) is 8.60. The Morgan fingerprint density at radius 1 is 1.22 bits per heavy atom. The normalized spacial score (nSPS) is 12.3. The summed E-state index contributed by atoms with van der Waals surface area (Å²) in [6, 6.07) is 6.91. The van der Waals surface area contributed by atoms with E-state index in [0.717, 1.165) is 18.4 Å². The maximum absolute atomic E-state index is 12.2. The number of benzene rings is 1. The molecule has 0 radical (unpaired) electrons. The second-order valence-electron chi connectivity index (χ2n) is 6.32. The molecule has 0 fully saturated rings. The van der Waals surface area contributed by atoms with Crippen molar-refractivity contribution >= 4 is 5.97 Å². The minimum atomic E-state index is -0.614. The molecule has 0 spiro atoms. The highest BCUT2D eigenvalue weighted by molar-refractivity contribution is 5.75. The Bertz CT molecular complexity index is 456. The van der Waals surface area contributed by atoms with Crippen LogP contribution < -0.4 is 0 Å². The second kappa shape index (κ2) is 11.1. The van der Waals surface area contributed by atoms with Crippen LogP contribution in [0.2, 0.25) is 0 Å². The Hall–Kier alpha value is -1.55. The maximum Gasteiger partial charge on any atom is 0.335 e. The fraction of sp³-hybridized carbons (Fsp3) is 0.632. The minimum Gasteiger partial charge on any atom is -0.508 e. The Kier molecular flexibility index (Phi) is 9.37. The van der Waals surface area contributed by atoms with E-state index in [9.17, 15) is 9.90 Å². The maximum atomic E-state index is 12.2. The Morgan fingerprint density at radius 3 is 2.65 bits per heavy atom. The lowest BCUT2D eigenvalue weighted by atomic mass is 10.1. The first kappa shape index (κ1) is 19.5. The van der Waals surface area contributed by atoms with Crippen molar-refractivity contribution in [2.24, 2.45) is 5.92 Å². The van der Waals surface area contributed by atoms with Crippen LogP contribution in [-0.2, 0) is 20.7 Å². The number of aromatic hydroxyl groups is 1. The number of carbonyl (C=O) groups excluding carboxylic acids is 1. The van der Waals surface area contributed by atoms with Crippen LogP contribution >= 0.6 is 0 Å². The van der Waals surface area contributed by atoms with Crippen LogP contribution in [0.3, 0.4) is 0 Å². The van der Waals surface area contributed by atoms with Crippen molar-refractivity contribution in [3.05, 3.63) is 29.8 Å². The molecule has 0 saturated carbocycles. The van der Waals surface area contributed by atoms with Crippen LogP contribution in [0.15, 0.2) is 24.3 Å². The molecule has 0 aliphatic carbocycles. The summed E-state index contributed by atoms with van der Waals surface area (Å²) in [5.74, 6) is 0.169. The van der Waals surface area contributed by atoms with Crippen molar-refractivity contribution in [2.45, 2.75) is 59.0 Å². The van der Waals surface area contributed by atoms with Gasteiger partial charge in [0.05, 0.1) is 6.61 Å². The predicted octanol–water partition coefficient (Wildman–Crippen LogP) is 4.10. The van der Waals surface area contributed by atoms with E-state index in [2.05, 4.69) is 6.92 Å². The van der Waals surface area contributed by atoms with Crippen molar-refractivity contribution < 1.29 is 19.4 Å². The number of hydrogen-bond donors (Lipinski definition) is 1. The third-order valence-electron chi connectivity index (χ3n) is 3.47. The Labute approximate surface area is 139 Å². The number of phenolic OH excluding ortho intramolecular Hbond substituents is 1. The summed E-state index contributed by atoms with van der Waals surface area (Å²) < 4.78 is 11.1. The molecular weight excluding hydrogens is 292 g/mol. The van der Waals surface area contributed by atoms with Crippen LogP contribution in [0.4, 0.5) is 0 Å². The fourth-order valence-corrected chi connectivity index (χ4v) is 2.20. The predicted molar refractivity (Wildman–Crippen MR) is 91.5 cm³/mol. The van der Waals surface area contributed by atoms with Gasteiger partial charge < -0.3 is 14.6 Å². The molecule has 23 heavy (non-hydrogen) atoms. The van der Waals surface area contributed by atoms with Crippen molar-refractivity contribution in [3.8, 4) is 5.75 Å². The molecule has 0 bridgehead atoms. The first-order valence-electron chi connectivity index (χ1n) is 8.59. The molecule has 1 rings (SSSR count). The van der Waals surface area contributed by atoms with Crippen molar-refractivity contribution in [3.63, 3.8) is 0 Å². The topological polar surface area (TPSA) is 55.8 Å². The van der Waals surface area contributed by atoms with Gasteiger partial charge in [0.2, 0.25) is 0 Å². The number of hydrogen-bond acceptors (Lipinski definition) is 4. The zero-order chi connectivity index (χ0) is 17.1. The molecule has 0 aliphatic heterocycles. The van der Waals surface area contributed by atoms with E-state index >= 15 is 0 Å². The van der Waals surface area contributed by atoms with Gasteiger partial charge in [-0.1, -0.05) is 52.2 Å². The first-order valence-corrected chi connectivity index (χ1v) is 8.59. The van der Waals surface area contributed by atoms with E-state index in [4.69, 9.17) is 9.47 Å². The molecule has 4 heteroatoms. The second-order valence-corrected chi connectivity index (χ2v) is 6.32. The van der Waals surface area contributed by atoms with Crippen LogP contribution in [-0.4, -0.2) is 30.4 Å². The van der Waals surface area contributed by atoms with Crippen molar-refractivity contribution in [1.82, 2.24) is 0 Å². The standard InChI is InChI=1S/C19H30O4/c1-4-5-6-7-11-22-18(19(21)23-14-15(2)3)13-16-9-8-10-17(20)12-16/h8-10,12,15,18,20H,4-7,11,13-14H2,1-3H3. The van der Waals surface area contributed by atoms with E-state index in [1.807, 2.05) is 19.9 Å². The molecule has 1 aromatic carbocycles. The van der Waals surface area contributed by atoms with Gasteiger partial charge in [-0.25, -0.2) is 4.79 Å². The molecule has 0 amide bonds. The average Bonchev–Trinajstić information content (AvgIpc) is 2.51. The molecule has 0 saturated heterocycles. The molecule has 130 valence electrons. The quantitative estimate of drug-likeness (QED) is 0.492. The van der Waals surface area contributed by atoms with Gasteiger partial charge in [0.15, 0.2) is 6.10 Å². The fourth-order valence-electron chi connectivity index (χ4n) is 2.20. The molecule has 0 heterocycles. The lowest BCUT2D eigenvalue weighted by Crippen LogP contribution is -2.30. The molecule has 0 aliphatic rings. The summed E-state index contributed by atoms with van der Waals surface area (Å²) in [7, 11) is 0. The summed E-state index contributed by atoms with van der Waals surface area (Å²) in [4.78, 5) is 12.2. The molecule has 4 nitrogen and oxygen atoms in total.